The molecule has 1 saturated heterocycles. The van der Waals surface area contributed by atoms with Gasteiger partial charge in [-0.3, -0.25) is 10.7 Å². The van der Waals surface area contributed by atoms with Gasteiger partial charge in [-0.15, -0.1) is 6.58 Å². The number of hydrogen-bond acceptors (Lipinski definition) is 5. The predicted octanol–water partition coefficient (Wildman–Crippen LogP) is 5.20. The summed E-state index contributed by atoms with van der Waals surface area (Å²) in [5.41, 5.74) is 11.4. The van der Waals surface area contributed by atoms with Gasteiger partial charge in [-0.2, -0.15) is 0 Å². The highest BCUT2D eigenvalue weighted by Gasteiger charge is 2.26. The molecule has 0 saturated carbocycles. The van der Waals surface area contributed by atoms with E-state index in [2.05, 4.69) is 35.8 Å². The second kappa shape index (κ2) is 13.7. The van der Waals surface area contributed by atoms with Crippen molar-refractivity contribution in [1.29, 1.82) is 0 Å². The number of hydrogen-bond donors (Lipinski definition) is 4. The Labute approximate surface area is 208 Å². The number of likely N-dealkylation sites (N-methyl/N-ethyl adjacent to an activating group) is 1. The fourth-order valence-corrected chi connectivity index (χ4v) is 4.20. The first-order valence-electron chi connectivity index (χ1n) is 11.9. The Kier molecular flexibility index (Phi) is 11.0. The second-order valence-corrected chi connectivity index (χ2v) is 9.06. The van der Waals surface area contributed by atoms with Gasteiger partial charge in [0.15, 0.2) is 0 Å². The fraction of sp³-hybridized carbons (Fsp3) is 0.357. The summed E-state index contributed by atoms with van der Waals surface area (Å²) in [5.74, 6) is 4.60. The normalized spacial score (nSPS) is 16.9. The standard InChI is InChI=1S/C23H28F2N2.C5H11N3/c1-15(2)20-11-10-18(14-21(20)25)23(17-7-5-8-19(24)13-17)26-16(3)22-9-6-12-27(22)4;1-2-3-5(4-6)8-7/h5,7-8,10-11,13-15,22-23,26H,3,6,9,12H2,1-2,4H3;2,4,8H,1,3,6-7H2/b;5-4-. The summed E-state index contributed by atoms with van der Waals surface area (Å²) in [6.45, 7) is 12.7. The van der Waals surface area contributed by atoms with Gasteiger partial charge >= 0.3 is 0 Å². The van der Waals surface area contributed by atoms with E-state index in [1.807, 2.05) is 32.0 Å². The Bertz CT molecular complexity index is 1020. The van der Waals surface area contributed by atoms with Gasteiger partial charge in [0.2, 0.25) is 0 Å². The first-order chi connectivity index (χ1) is 16.7. The van der Waals surface area contributed by atoms with Crippen molar-refractivity contribution in [3.8, 4) is 0 Å². The van der Waals surface area contributed by atoms with E-state index >= 15 is 0 Å². The SMILES string of the molecule is C=C(NC(c1cccc(F)c1)c1ccc(C(C)C)c(F)c1)C1CCCN1C.C=CC/C(=C/N)NN. The summed E-state index contributed by atoms with van der Waals surface area (Å²) < 4.78 is 28.5. The van der Waals surface area contributed by atoms with Crippen LogP contribution in [0.4, 0.5) is 8.78 Å². The lowest BCUT2D eigenvalue weighted by molar-refractivity contribution is 0.331. The molecule has 35 heavy (non-hydrogen) atoms. The molecule has 6 N–H and O–H groups in total. The lowest BCUT2D eigenvalue weighted by Crippen LogP contribution is -2.35. The first-order valence-corrected chi connectivity index (χ1v) is 11.9. The highest BCUT2D eigenvalue weighted by Crippen LogP contribution is 2.29. The molecule has 1 aliphatic rings. The third-order valence-corrected chi connectivity index (χ3v) is 6.17. The summed E-state index contributed by atoms with van der Waals surface area (Å²) in [4.78, 5) is 2.26. The molecule has 5 nitrogen and oxygen atoms in total. The Morgan fingerprint density at radius 2 is 1.91 bits per heavy atom. The minimum atomic E-state index is -0.349. The molecule has 2 unspecified atom stereocenters. The minimum Gasteiger partial charge on any atom is -0.403 e. The van der Waals surface area contributed by atoms with Crippen molar-refractivity contribution >= 4 is 0 Å². The molecule has 0 aromatic heterocycles. The van der Waals surface area contributed by atoms with Crippen LogP contribution in [0.1, 0.15) is 61.8 Å². The van der Waals surface area contributed by atoms with E-state index in [0.29, 0.717) is 12.0 Å². The van der Waals surface area contributed by atoms with Crippen molar-refractivity contribution in [1.82, 2.24) is 15.6 Å². The van der Waals surface area contributed by atoms with Crippen molar-refractivity contribution in [3.63, 3.8) is 0 Å². The number of nitrogens with one attached hydrogen (secondary N) is 2. The van der Waals surface area contributed by atoms with Crippen molar-refractivity contribution in [3.05, 3.63) is 108 Å². The molecular weight excluding hydrogens is 444 g/mol. The van der Waals surface area contributed by atoms with Crippen LogP contribution < -0.4 is 22.3 Å². The number of likely N-dealkylation sites (tertiary alicyclic amines) is 1. The molecule has 3 rings (SSSR count). The smallest absolute Gasteiger partial charge is 0.127 e. The van der Waals surface area contributed by atoms with Crippen LogP contribution in [0.25, 0.3) is 0 Å². The third kappa shape index (κ3) is 7.94. The third-order valence-electron chi connectivity index (χ3n) is 6.17. The zero-order chi connectivity index (χ0) is 26.0. The zero-order valence-corrected chi connectivity index (χ0v) is 21.0. The molecule has 1 aliphatic heterocycles. The first kappa shape index (κ1) is 28.1. The van der Waals surface area contributed by atoms with Crippen LogP contribution in [-0.4, -0.2) is 24.5 Å². The van der Waals surface area contributed by atoms with Gasteiger partial charge in [-0.1, -0.05) is 50.8 Å². The molecule has 0 aliphatic carbocycles. The van der Waals surface area contributed by atoms with Gasteiger partial charge in [0.25, 0.3) is 0 Å². The van der Waals surface area contributed by atoms with E-state index in [1.165, 1.54) is 18.3 Å². The van der Waals surface area contributed by atoms with Crippen molar-refractivity contribution in [2.45, 2.75) is 51.1 Å². The summed E-state index contributed by atoms with van der Waals surface area (Å²) in [7, 11) is 2.08. The number of hydrazine groups is 1. The van der Waals surface area contributed by atoms with Crippen LogP contribution in [0.3, 0.4) is 0 Å². The lowest BCUT2D eigenvalue weighted by Gasteiger charge is -2.28. The molecule has 2 aromatic carbocycles. The molecular formula is C28H39F2N5. The lowest BCUT2D eigenvalue weighted by atomic mass is 9.94. The maximum absolute atomic E-state index is 14.6. The Hall–Kier alpha value is -3.16. The molecule has 0 bridgehead atoms. The van der Waals surface area contributed by atoms with E-state index in [4.69, 9.17) is 11.6 Å². The Morgan fingerprint density at radius 1 is 1.20 bits per heavy atom. The maximum Gasteiger partial charge on any atom is 0.127 e. The Balaban J connectivity index is 0.000000466. The predicted molar refractivity (Wildman–Crippen MR) is 141 cm³/mol. The summed E-state index contributed by atoms with van der Waals surface area (Å²) in [6, 6.07) is 11.7. The summed E-state index contributed by atoms with van der Waals surface area (Å²) in [5, 5.41) is 3.46. The van der Waals surface area contributed by atoms with Gasteiger partial charge in [0, 0.05) is 30.1 Å². The molecule has 0 amide bonds. The molecule has 1 heterocycles. The molecule has 1 fully saturated rings. The number of rotatable bonds is 9. The number of nitrogens with zero attached hydrogens (tertiary/aromatic N) is 1. The van der Waals surface area contributed by atoms with Crippen molar-refractivity contribution < 1.29 is 8.78 Å². The van der Waals surface area contributed by atoms with Gasteiger partial charge in [0.1, 0.15) is 11.6 Å². The van der Waals surface area contributed by atoms with Gasteiger partial charge in [-0.05, 0) is 67.2 Å². The number of benzene rings is 2. The summed E-state index contributed by atoms with van der Waals surface area (Å²) in [6.07, 6.45) is 6.00. The van der Waals surface area contributed by atoms with Crippen LogP contribution in [0.2, 0.25) is 0 Å². The average Bonchev–Trinajstić information content (AvgIpc) is 3.27. The quantitative estimate of drug-likeness (QED) is 0.224. The van der Waals surface area contributed by atoms with E-state index < -0.39 is 0 Å². The van der Waals surface area contributed by atoms with Crippen molar-refractivity contribution in [2.24, 2.45) is 11.6 Å². The minimum absolute atomic E-state index is 0.113. The van der Waals surface area contributed by atoms with Gasteiger partial charge < -0.3 is 16.5 Å². The molecule has 2 aromatic rings. The molecule has 2 atom stereocenters. The topological polar surface area (TPSA) is 79.3 Å². The highest BCUT2D eigenvalue weighted by atomic mass is 19.1. The van der Waals surface area contributed by atoms with E-state index in [-0.39, 0.29) is 29.6 Å². The molecule has 7 heteroatoms. The largest absolute Gasteiger partial charge is 0.403 e. The Morgan fingerprint density at radius 3 is 2.40 bits per heavy atom. The van der Waals surface area contributed by atoms with Crippen LogP contribution in [0, 0.1) is 11.6 Å². The fourth-order valence-electron chi connectivity index (χ4n) is 4.20. The monoisotopic (exact) mass is 483 g/mol. The zero-order valence-electron chi connectivity index (χ0n) is 21.0. The van der Waals surface area contributed by atoms with Crippen LogP contribution in [0.5, 0.6) is 0 Å². The number of allylic oxidation sites excluding steroid dienone is 1. The summed E-state index contributed by atoms with van der Waals surface area (Å²) >= 11 is 0. The number of nitrogens with two attached hydrogens (primary N) is 2. The van der Waals surface area contributed by atoms with E-state index in [0.717, 1.165) is 41.9 Å². The van der Waals surface area contributed by atoms with Crippen LogP contribution >= 0.6 is 0 Å². The van der Waals surface area contributed by atoms with Gasteiger partial charge in [0.05, 0.1) is 6.04 Å². The molecule has 0 spiro atoms. The van der Waals surface area contributed by atoms with Crippen molar-refractivity contribution in [2.75, 3.05) is 13.6 Å². The average molecular weight is 484 g/mol. The highest BCUT2D eigenvalue weighted by molar-refractivity contribution is 5.36. The van der Waals surface area contributed by atoms with E-state index in [9.17, 15) is 8.78 Å². The molecule has 0 radical (unpaired) electrons. The number of halogens is 2. The van der Waals surface area contributed by atoms with Crippen LogP contribution in [0.15, 0.2) is 79.3 Å². The maximum atomic E-state index is 14.6. The van der Waals surface area contributed by atoms with E-state index in [1.54, 1.807) is 18.2 Å². The second-order valence-electron chi connectivity index (χ2n) is 9.06. The molecule has 190 valence electrons. The van der Waals surface area contributed by atoms with Gasteiger partial charge in [-0.25, -0.2) is 8.78 Å². The van der Waals surface area contributed by atoms with Crippen LogP contribution in [-0.2, 0) is 0 Å².